The Balaban J connectivity index is 1.26. The number of carbonyl (C=O) groups is 1. The van der Waals surface area contributed by atoms with Crippen molar-refractivity contribution < 1.29 is 17.6 Å². The predicted molar refractivity (Wildman–Crippen MR) is 140 cm³/mol. The van der Waals surface area contributed by atoms with Crippen molar-refractivity contribution in [3.05, 3.63) is 95.1 Å². The van der Waals surface area contributed by atoms with Crippen molar-refractivity contribution in [2.45, 2.75) is 44.0 Å². The third-order valence-corrected chi connectivity index (χ3v) is 8.48. The summed E-state index contributed by atoms with van der Waals surface area (Å²) >= 11 is 0. The zero-order valence-corrected chi connectivity index (χ0v) is 21.4. The second-order valence-corrected chi connectivity index (χ2v) is 10.9. The minimum atomic E-state index is -3.72. The van der Waals surface area contributed by atoms with E-state index >= 15 is 0 Å². The van der Waals surface area contributed by atoms with E-state index in [4.69, 9.17) is 4.42 Å². The Morgan fingerprint density at radius 2 is 1.68 bits per heavy atom. The van der Waals surface area contributed by atoms with Crippen molar-refractivity contribution in [1.29, 1.82) is 0 Å². The van der Waals surface area contributed by atoms with Gasteiger partial charge in [0.2, 0.25) is 15.9 Å². The maximum atomic E-state index is 13.2. The molecule has 1 N–H and O–H groups in total. The number of hydrogen-bond donors (Lipinski definition) is 1. The summed E-state index contributed by atoms with van der Waals surface area (Å²) in [6.45, 7) is 2.39. The molecule has 0 atom stereocenters. The van der Waals surface area contributed by atoms with Crippen LogP contribution < -0.4 is 5.32 Å². The normalized spacial score (nSPS) is 13.4. The molecule has 0 radical (unpaired) electrons. The molecule has 0 saturated heterocycles. The number of nitrogens with zero attached hydrogens (tertiary/aromatic N) is 3. The number of anilines is 1. The number of aromatic nitrogens is 2. The van der Waals surface area contributed by atoms with Gasteiger partial charge >= 0.3 is 6.01 Å². The molecular weight excluding hydrogens is 488 g/mol. The molecule has 0 saturated carbocycles. The summed E-state index contributed by atoms with van der Waals surface area (Å²) in [7, 11) is -3.72. The van der Waals surface area contributed by atoms with E-state index in [-0.39, 0.29) is 23.0 Å². The van der Waals surface area contributed by atoms with Gasteiger partial charge < -0.3 is 4.42 Å². The number of benzene rings is 3. The molecule has 4 aromatic rings. The smallest absolute Gasteiger partial charge is 0.322 e. The van der Waals surface area contributed by atoms with E-state index in [1.165, 1.54) is 52.5 Å². The summed E-state index contributed by atoms with van der Waals surface area (Å²) in [4.78, 5) is 12.9. The van der Waals surface area contributed by atoms with Crippen LogP contribution >= 0.6 is 0 Å². The maximum absolute atomic E-state index is 13.2. The Kier molecular flexibility index (Phi) is 7.16. The summed E-state index contributed by atoms with van der Waals surface area (Å²) in [5.74, 6) is -0.135. The second kappa shape index (κ2) is 10.7. The molecule has 190 valence electrons. The van der Waals surface area contributed by atoms with E-state index in [1.54, 1.807) is 6.92 Å². The highest BCUT2D eigenvalue weighted by molar-refractivity contribution is 7.89. The number of aryl methyl sites for hydroxylation is 2. The number of fused-ring (bicyclic) bond motifs is 1. The van der Waals surface area contributed by atoms with E-state index in [9.17, 15) is 13.2 Å². The number of carbonyl (C=O) groups excluding carboxylic acids is 1. The van der Waals surface area contributed by atoms with Gasteiger partial charge in [0.15, 0.2) is 0 Å². The van der Waals surface area contributed by atoms with E-state index in [0.29, 0.717) is 12.4 Å². The maximum Gasteiger partial charge on any atom is 0.322 e. The molecule has 8 nitrogen and oxygen atoms in total. The lowest BCUT2D eigenvalue weighted by atomic mass is 9.90. The van der Waals surface area contributed by atoms with Crippen LogP contribution in [-0.2, 0) is 29.4 Å². The molecule has 1 amide bonds. The molecule has 1 heterocycles. The number of rotatable bonds is 8. The Bertz CT molecular complexity index is 1500. The van der Waals surface area contributed by atoms with E-state index in [0.717, 1.165) is 24.0 Å². The highest BCUT2D eigenvalue weighted by atomic mass is 32.2. The average Bonchev–Trinajstić information content (AvgIpc) is 3.40. The third kappa shape index (κ3) is 5.47. The Labute approximate surface area is 216 Å². The predicted octanol–water partition coefficient (Wildman–Crippen LogP) is 5.08. The molecular formula is C28H28N4O4S. The average molecular weight is 517 g/mol. The summed E-state index contributed by atoms with van der Waals surface area (Å²) in [6.07, 6.45) is 4.50. The number of amides is 1. The molecule has 1 aliphatic rings. The topological polar surface area (TPSA) is 105 Å². The van der Waals surface area contributed by atoms with E-state index in [1.807, 2.05) is 36.4 Å². The van der Waals surface area contributed by atoms with Gasteiger partial charge in [0.1, 0.15) is 0 Å². The van der Waals surface area contributed by atoms with Crippen LogP contribution in [0.3, 0.4) is 0 Å². The van der Waals surface area contributed by atoms with Crippen LogP contribution in [0.2, 0.25) is 0 Å². The zero-order valence-electron chi connectivity index (χ0n) is 20.6. The van der Waals surface area contributed by atoms with Gasteiger partial charge in [0.25, 0.3) is 5.91 Å². The molecule has 1 aliphatic carbocycles. The lowest BCUT2D eigenvalue weighted by molar-refractivity contribution is 0.102. The summed E-state index contributed by atoms with van der Waals surface area (Å²) in [5.41, 5.74) is 4.65. The second-order valence-electron chi connectivity index (χ2n) is 9.00. The van der Waals surface area contributed by atoms with Crippen molar-refractivity contribution >= 4 is 21.9 Å². The van der Waals surface area contributed by atoms with Gasteiger partial charge in [-0.15, -0.1) is 5.10 Å². The lowest BCUT2D eigenvalue weighted by Gasteiger charge is -2.20. The summed E-state index contributed by atoms with van der Waals surface area (Å²) < 4.78 is 33.4. The largest absolute Gasteiger partial charge is 0.403 e. The van der Waals surface area contributed by atoms with Crippen molar-refractivity contribution in [2.24, 2.45) is 0 Å². The summed E-state index contributed by atoms with van der Waals surface area (Å²) in [5, 5.41) is 10.6. The van der Waals surface area contributed by atoms with E-state index < -0.39 is 15.9 Å². The first kappa shape index (κ1) is 24.9. The monoisotopic (exact) mass is 516 g/mol. The van der Waals surface area contributed by atoms with Gasteiger partial charge in [-0.1, -0.05) is 48.4 Å². The molecule has 0 unspecified atom stereocenters. The van der Waals surface area contributed by atoms with Crippen LogP contribution in [-0.4, -0.2) is 35.4 Å². The fraction of sp³-hybridized carbons (Fsp3) is 0.250. The van der Waals surface area contributed by atoms with Crippen molar-refractivity contribution in [3.63, 3.8) is 0 Å². The molecule has 37 heavy (non-hydrogen) atoms. The van der Waals surface area contributed by atoms with Crippen LogP contribution in [0.1, 0.15) is 46.8 Å². The minimum Gasteiger partial charge on any atom is -0.403 e. The highest BCUT2D eigenvalue weighted by Crippen LogP contribution is 2.27. The molecule has 0 bridgehead atoms. The number of sulfonamides is 1. The van der Waals surface area contributed by atoms with Gasteiger partial charge in [-0.25, -0.2) is 8.42 Å². The molecule has 0 aliphatic heterocycles. The van der Waals surface area contributed by atoms with Crippen LogP contribution in [0.5, 0.6) is 0 Å². The van der Waals surface area contributed by atoms with Gasteiger partial charge in [0, 0.05) is 24.2 Å². The minimum absolute atomic E-state index is 0.0190. The Morgan fingerprint density at radius 3 is 2.41 bits per heavy atom. The standard InChI is InChI=1S/C28H28N4O4S/c1-2-32(19-20-8-4-3-5-9-20)37(34,35)25-16-14-22(15-17-25)26(33)29-28-31-30-27(36-28)24-13-12-21-10-6-7-11-23(21)18-24/h3-5,8-9,12-18H,2,6-7,10-11,19H2,1H3,(H,29,31,33). The number of hydrogen-bond acceptors (Lipinski definition) is 6. The molecule has 9 heteroatoms. The number of nitrogens with one attached hydrogen (secondary N) is 1. The van der Waals surface area contributed by atoms with Crippen molar-refractivity contribution in [2.75, 3.05) is 11.9 Å². The zero-order chi connectivity index (χ0) is 25.8. The molecule has 1 aromatic heterocycles. The molecule has 0 spiro atoms. The first-order valence-electron chi connectivity index (χ1n) is 12.3. The Hall–Kier alpha value is -3.82. The third-order valence-electron chi connectivity index (χ3n) is 6.55. The molecule has 5 rings (SSSR count). The lowest BCUT2D eigenvalue weighted by Crippen LogP contribution is -2.30. The van der Waals surface area contributed by atoms with Crippen LogP contribution in [0, 0.1) is 0 Å². The van der Waals surface area contributed by atoms with Gasteiger partial charge in [-0.3, -0.25) is 10.1 Å². The van der Waals surface area contributed by atoms with Crippen LogP contribution in [0.15, 0.2) is 82.1 Å². The summed E-state index contributed by atoms with van der Waals surface area (Å²) in [6, 6.07) is 21.3. The van der Waals surface area contributed by atoms with Crippen molar-refractivity contribution in [3.8, 4) is 11.5 Å². The van der Waals surface area contributed by atoms with Gasteiger partial charge in [-0.2, -0.15) is 4.31 Å². The van der Waals surface area contributed by atoms with E-state index in [2.05, 4.69) is 27.6 Å². The van der Waals surface area contributed by atoms with Crippen molar-refractivity contribution in [1.82, 2.24) is 14.5 Å². The Morgan fingerprint density at radius 1 is 0.946 bits per heavy atom. The first-order chi connectivity index (χ1) is 17.9. The highest BCUT2D eigenvalue weighted by Gasteiger charge is 2.24. The SMILES string of the molecule is CCN(Cc1ccccc1)S(=O)(=O)c1ccc(C(=O)Nc2nnc(-c3ccc4c(c3)CCCC4)o2)cc1. The quantitative estimate of drug-likeness (QED) is 0.350. The van der Waals surface area contributed by atoms with Crippen LogP contribution in [0.25, 0.3) is 11.5 Å². The fourth-order valence-corrected chi connectivity index (χ4v) is 5.94. The molecule has 3 aromatic carbocycles. The van der Waals surface area contributed by atoms with Gasteiger partial charge in [0.05, 0.1) is 4.90 Å². The first-order valence-corrected chi connectivity index (χ1v) is 13.8. The molecule has 0 fully saturated rings. The van der Waals surface area contributed by atoms with Gasteiger partial charge in [-0.05, 0) is 78.8 Å². The van der Waals surface area contributed by atoms with Crippen LogP contribution in [0.4, 0.5) is 6.01 Å². The fourth-order valence-electron chi connectivity index (χ4n) is 4.51.